The first kappa shape index (κ1) is 18.6. The van der Waals surface area contributed by atoms with E-state index in [-0.39, 0.29) is 0 Å². The van der Waals surface area contributed by atoms with Crippen molar-refractivity contribution >= 4 is 28.2 Å². The number of piperazine rings is 1. The first-order chi connectivity index (χ1) is 14.6. The lowest BCUT2D eigenvalue weighted by molar-refractivity contribution is 0.646. The Morgan fingerprint density at radius 2 is 1.80 bits per heavy atom. The first-order valence-electron chi connectivity index (χ1n) is 10.5. The van der Waals surface area contributed by atoms with E-state index in [2.05, 4.69) is 50.1 Å². The van der Waals surface area contributed by atoms with E-state index >= 15 is 0 Å². The summed E-state index contributed by atoms with van der Waals surface area (Å²) in [5.74, 6) is 1.79. The summed E-state index contributed by atoms with van der Waals surface area (Å²) >= 11 is 0. The van der Waals surface area contributed by atoms with Crippen LogP contribution in [0.5, 0.6) is 0 Å². The van der Waals surface area contributed by atoms with Crippen LogP contribution in [0.25, 0.3) is 10.9 Å². The number of hydrogen-bond donors (Lipinski definition) is 0. The molecule has 1 aromatic carbocycles. The van der Waals surface area contributed by atoms with Crippen molar-refractivity contribution in [3.63, 3.8) is 0 Å². The summed E-state index contributed by atoms with van der Waals surface area (Å²) in [6.45, 7) is 3.48. The van der Waals surface area contributed by atoms with E-state index in [0.29, 0.717) is 5.56 Å². The van der Waals surface area contributed by atoms with E-state index in [1.165, 1.54) is 16.9 Å². The fourth-order valence-electron chi connectivity index (χ4n) is 4.55. The number of pyridine rings is 1. The fraction of sp³-hybridized carbons (Fsp3) is 0.391. The zero-order chi connectivity index (χ0) is 20.7. The van der Waals surface area contributed by atoms with Crippen LogP contribution in [0.3, 0.4) is 0 Å². The number of aromatic nitrogens is 3. The van der Waals surface area contributed by atoms with Crippen molar-refractivity contribution in [1.82, 2.24) is 15.0 Å². The molecular weight excluding hydrogens is 374 g/mol. The molecule has 0 N–H and O–H groups in total. The highest BCUT2D eigenvalue weighted by Gasteiger charge is 2.24. The quantitative estimate of drug-likeness (QED) is 0.670. The summed E-state index contributed by atoms with van der Waals surface area (Å²) in [5, 5.41) is 10.7. The molecule has 0 radical (unpaired) electrons. The van der Waals surface area contributed by atoms with E-state index in [0.717, 1.165) is 68.0 Å². The molecule has 3 aromatic rings. The highest BCUT2D eigenvalue weighted by molar-refractivity contribution is 5.91. The second-order valence-corrected chi connectivity index (χ2v) is 8.20. The summed E-state index contributed by atoms with van der Waals surface area (Å²) in [7, 11) is 4.01. The Labute approximate surface area is 176 Å². The zero-order valence-corrected chi connectivity index (χ0v) is 17.5. The largest absolute Gasteiger partial charge is 0.368 e. The van der Waals surface area contributed by atoms with Crippen molar-refractivity contribution in [2.24, 2.45) is 0 Å². The van der Waals surface area contributed by atoms with Gasteiger partial charge in [-0.25, -0.2) is 15.0 Å². The van der Waals surface area contributed by atoms with Crippen LogP contribution in [0.15, 0.2) is 30.6 Å². The number of fused-ring (bicyclic) bond motifs is 2. The van der Waals surface area contributed by atoms with Crippen LogP contribution in [0.4, 0.5) is 17.3 Å². The van der Waals surface area contributed by atoms with Crippen molar-refractivity contribution in [3.05, 3.63) is 47.4 Å². The van der Waals surface area contributed by atoms with E-state index < -0.39 is 0 Å². The van der Waals surface area contributed by atoms with E-state index in [1.54, 1.807) is 6.33 Å². The van der Waals surface area contributed by atoms with E-state index in [1.807, 2.05) is 19.0 Å². The lowest BCUT2D eigenvalue weighted by Gasteiger charge is -2.37. The Hall–Kier alpha value is -3.40. The molecule has 3 heterocycles. The van der Waals surface area contributed by atoms with Gasteiger partial charge in [0.05, 0.1) is 11.1 Å². The summed E-state index contributed by atoms with van der Waals surface area (Å²) in [5.41, 5.74) is 5.28. The maximum atomic E-state index is 9.64. The molecule has 0 unspecified atom stereocenters. The van der Waals surface area contributed by atoms with Gasteiger partial charge in [-0.15, -0.1) is 0 Å². The highest BCUT2D eigenvalue weighted by atomic mass is 15.3. The Kier molecular flexibility index (Phi) is 4.62. The third kappa shape index (κ3) is 3.18. The molecule has 2 aliphatic rings. The van der Waals surface area contributed by atoms with Crippen LogP contribution in [0.1, 0.15) is 23.2 Å². The number of anilines is 3. The lowest BCUT2D eigenvalue weighted by Crippen LogP contribution is -2.47. The van der Waals surface area contributed by atoms with Crippen LogP contribution in [0.2, 0.25) is 0 Å². The normalized spacial score (nSPS) is 15.9. The molecule has 1 fully saturated rings. The molecule has 1 aliphatic heterocycles. The number of aryl methyl sites for hydroxylation is 2. The maximum Gasteiger partial charge on any atom is 0.146 e. The molecule has 7 heteroatoms. The average molecular weight is 400 g/mol. The van der Waals surface area contributed by atoms with Crippen molar-refractivity contribution in [2.45, 2.75) is 19.3 Å². The molecule has 0 spiro atoms. The number of nitriles is 1. The molecule has 0 amide bonds. The summed E-state index contributed by atoms with van der Waals surface area (Å²) in [6, 6.07) is 10.8. The zero-order valence-electron chi connectivity index (χ0n) is 17.5. The number of rotatable bonds is 3. The number of hydrogen-bond acceptors (Lipinski definition) is 7. The van der Waals surface area contributed by atoms with Gasteiger partial charge in [0.15, 0.2) is 0 Å². The highest BCUT2D eigenvalue weighted by Crippen LogP contribution is 2.30. The summed E-state index contributed by atoms with van der Waals surface area (Å²) in [4.78, 5) is 20.4. The number of benzene rings is 1. The maximum absolute atomic E-state index is 9.64. The molecule has 0 bridgehead atoms. The first-order valence-corrected chi connectivity index (χ1v) is 10.5. The van der Waals surface area contributed by atoms with Gasteiger partial charge in [-0.2, -0.15) is 5.26 Å². The number of nitrogens with zero attached hydrogens (tertiary/aromatic N) is 7. The predicted molar refractivity (Wildman–Crippen MR) is 119 cm³/mol. The Morgan fingerprint density at radius 1 is 1.00 bits per heavy atom. The minimum absolute atomic E-state index is 0.711. The molecule has 1 saturated heterocycles. The smallest absolute Gasteiger partial charge is 0.146 e. The second-order valence-electron chi connectivity index (χ2n) is 8.20. The molecule has 0 saturated carbocycles. The SMILES string of the molecule is CN(C)c1ncnc2ccc(N3CCN(c4nc5c(cc4C#N)CCC5)CC3)cc12. The van der Waals surface area contributed by atoms with Crippen molar-refractivity contribution in [2.75, 3.05) is 55.0 Å². The van der Waals surface area contributed by atoms with E-state index in [9.17, 15) is 5.26 Å². The van der Waals surface area contributed by atoms with Gasteiger partial charge in [0, 0.05) is 57.0 Å². The van der Waals surface area contributed by atoms with Crippen LogP contribution < -0.4 is 14.7 Å². The lowest BCUT2D eigenvalue weighted by atomic mass is 10.1. The van der Waals surface area contributed by atoms with Gasteiger partial charge in [0.1, 0.15) is 24.0 Å². The minimum atomic E-state index is 0.711. The monoisotopic (exact) mass is 399 g/mol. The van der Waals surface area contributed by atoms with Gasteiger partial charge in [0.2, 0.25) is 0 Å². The van der Waals surface area contributed by atoms with Gasteiger partial charge < -0.3 is 14.7 Å². The molecule has 7 nitrogen and oxygen atoms in total. The van der Waals surface area contributed by atoms with Crippen molar-refractivity contribution in [1.29, 1.82) is 5.26 Å². The van der Waals surface area contributed by atoms with Crippen LogP contribution in [-0.4, -0.2) is 55.2 Å². The summed E-state index contributed by atoms with van der Waals surface area (Å²) in [6.07, 6.45) is 4.84. The molecule has 2 aromatic heterocycles. The standard InChI is InChI=1S/C23H25N7/c1-28(2)23-19-13-18(6-7-21(19)25-15-26-23)29-8-10-30(11-9-29)22-17(14-24)12-16-4-3-5-20(16)27-22/h6-7,12-13,15H,3-5,8-11H2,1-2H3. The Bertz CT molecular complexity index is 1140. The Balaban J connectivity index is 1.38. The Morgan fingerprint density at radius 3 is 2.57 bits per heavy atom. The fourth-order valence-corrected chi connectivity index (χ4v) is 4.55. The molecule has 0 atom stereocenters. The summed E-state index contributed by atoms with van der Waals surface area (Å²) < 4.78 is 0. The van der Waals surface area contributed by atoms with Crippen molar-refractivity contribution < 1.29 is 0 Å². The topological polar surface area (TPSA) is 72.2 Å². The van der Waals surface area contributed by atoms with Crippen LogP contribution >= 0.6 is 0 Å². The molecule has 152 valence electrons. The van der Waals surface area contributed by atoms with E-state index in [4.69, 9.17) is 4.98 Å². The van der Waals surface area contributed by atoms with Gasteiger partial charge in [-0.05, 0) is 49.1 Å². The van der Waals surface area contributed by atoms with Crippen LogP contribution in [0, 0.1) is 11.3 Å². The molecule has 30 heavy (non-hydrogen) atoms. The van der Waals surface area contributed by atoms with Crippen LogP contribution in [-0.2, 0) is 12.8 Å². The molecule has 1 aliphatic carbocycles. The van der Waals surface area contributed by atoms with Gasteiger partial charge in [0.25, 0.3) is 0 Å². The third-order valence-corrected chi connectivity index (χ3v) is 6.12. The second kappa shape index (κ2) is 7.45. The van der Waals surface area contributed by atoms with Gasteiger partial charge in [-0.3, -0.25) is 0 Å². The minimum Gasteiger partial charge on any atom is -0.368 e. The van der Waals surface area contributed by atoms with Gasteiger partial charge >= 0.3 is 0 Å². The third-order valence-electron chi connectivity index (χ3n) is 6.12. The molecule has 5 rings (SSSR count). The van der Waals surface area contributed by atoms with Crippen molar-refractivity contribution in [3.8, 4) is 6.07 Å². The van der Waals surface area contributed by atoms with Gasteiger partial charge in [-0.1, -0.05) is 0 Å². The molecular formula is C23H25N7. The predicted octanol–water partition coefficient (Wildman–Crippen LogP) is 2.78. The average Bonchev–Trinajstić information content (AvgIpc) is 3.25.